The number of ether oxygens (including phenoxy) is 1. The van der Waals surface area contributed by atoms with Crippen LogP contribution in [0.4, 0.5) is 0 Å². The maximum absolute atomic E-state index is 10.9. The third-order valence-electron chi connectivity index (χ3n) is 13.9. The average molecular weight is 443 g/mol. The molecular weight excluding hydrogens is 392 g/mol. The molecule has 6 aliphatic rings. The topological polar surface area (TPSA) is 32.8 Å². The van der Waals surface area contributed by atoms with Gasteiger partial charge in [0.2, 0.25) is 0 Å². The molecule has 1 saturated heterocycles. The molecule has 2 nitrogen and oxygen atoms in total. The van der Waals surface area contributed by atoms with Gasteiger partial charge in [0, 0.05) is 0 Å². The summed E-state index contributed by atoms with van der Waals surface area (Å²) in [5.74, 6) is 3.40. The van der Waals surface area contributed by atoms with E-state index in [1.54, 1.807) is 0 Å². The van der Waals surface area contributed by atoms with Crippen molar-refractivity contribution in [2.75, 3.05) is 0 Å². The molecule has 0 bridgehead atoms. The van der Waals surface area contributed by atoms with Gasteiger partial charge in [-0.3, -0.25) is 0 Å². The fourth-order valence-electron chi connectivity index (χ4n) is 11.7. The molecule has 5 saturated carbocycles. The van der Waals surface area contributed by atoms with Crippen LogP contribution in [0.25, 0.3) is 0 Å². The van der Waals surface area contributed by atoms with Crippen LogP contribution in [0.15, 0.2) is 0 Å². The van der Waals surface area contributed by atoms with Gasteiger partial charge in [-0.1, -0.05) is 34.6 Å². The van der Waals surface area contributed by atoms with E-state index in [9.17, 15) is 5.11 Å². The number of epoxide rings is 1. The van der Waals surface area contributed by atoms with Crippen molar-refractivity contribution in [1.82, 2.24) is 0 Å². The quantitative estimate of drug-likeness (QED) is 0.461. The normalized spacial score (nSPS) is 57.6. The summed E-state index contributed by atoms with van der Waals surface area (Å²) < 4.78 is 5.91. The maximum Gasteiger partial charge on any atom is 0.0892 e. The van der Waals surface area contributed by atoms with E-state index in [1.807, 2.05) is 0 Å². The molecule has 32 heavy (non-hydrogen) atoms. The first-order valence-corrected chi connectivity index (χ1v) is 14.2. The summed E-state index contributed by atoms with van der Waals surface area (Å²) in [6.07, 6.45) is 15.5. The first kappa shape index (κ1) is 22.4. The molecule has 1 aliphatic heterocycles. The van der Waals surface area contributed by atoms with E-state index in [1.165, 1.54) is 64.2 Å². The number of fused-ring (bicyclic) bond motifs is 2. The van der Waals surface area contributed by atoms with Gasteiger partial charge in [0.05, 0.1) is 17.8 Å². The molecule has 5 aliphatic carbocycles. The zero-order valence-corrected chi connectivity index (χ0v) is 22.1. The number of aliphatic hydroxyl groups is 1. The first-order valence-electron chi connectivity index (χ1n) is 14.2. The molecule has 0 aromatic carbocycles. The van der Waals surface area contributed by atoms with E-state index in [-0.39, 0.29) is 17.1 Å². The molecule has 10 atom stereocenters. The molecule has 1 N–H and O–H groups in total. The van der Waals surface area contributed by atoms with Crippen LogP contribution in [0.1, 0.15) is 119 Å². The second kappa shape index (κ2) is 6.37. The first-order chi connectivity index (χ1) is 14.8. The van der Waals surface area contributed by atoms with Crippen LogP contribution in [0, 0.1) is 50.7 Å². The van der Waals surface area contributed by atoms with Gasteiger partial charge in [-0.05, 0) is 135 Å². The summed E-state index contributed by atoms with van der Waals surface area (Å²) >= 11 is 0. The third-order valence-corrected chi connectivity index (χ3v) is 13.9. The van der Waals surface area contributed by atoms with E-state index in [0.717, 1.165) is 30.1 Å². The minimum Gasteiger partial charge on any atom is -0.393 e. The third kappa shape index (κ3) is 2.51. The number of hydrogen-bond donors (Lipinski definition) is 1. The lowest BCUT2D eigenvalue weighted by atomic mass is 9.41. The molecule has 182 valence electrons. The Hall–Kier alpha value is -0.0800. The van der Waals surface area contributed by atoms with Crippen LogP contribution in [-0.2, 0) is 4.74 Å². The summed E-state index contributed by atoms with van der Waals surface area (Å²) in [6.45, 7) is 17.3. The van der Waals surface area contributed by atoms with E-state index >= 15 is 0 Å². The van der Waals surface area contributed by atoms with Crippen LogP contribution < -0.4 is 0 Å². The standard InChI is InChI=1S/C30H50O2/c1-19(8-11-24-26(4,5)32-24)20-12-14-28(7)22-10-9-21-25(2,3)23(31)13-15-29(21)18-30(22,29)17-16-27(20,28)6/h19-24,31H,8-18H2,1-7H3/t19-,20-,21?,22?,23-,24-,27-,28+,29-,30+/m1/s1. The van der Waals surface area contributed by atoms with E-state index < -0.39 is 0 Å². The minimum atomic E-state index is -0.0890. The van der Waals surface area contributed by atoms with Gasteiger partial charge in [0.1, 0.15) is 0 Å². The molecular formula is C30H50O2. The molecule has 0 aromatic heterocycles. The zero-order chi connectivity index (χ0) is 22.9. The van der Waals surface area contributed by atoms with Crippen molar-refractivity contribution in [3.8, 4) is 0 Å². The predicted molar refractivity (Wildman–Crippen MR) is 130 cm³/mol. The van der Waals surface area contributed by atoms with E-state index in [4.69, 9.17) is 4.74 Å². The Morgan fingerprint density at radius 2 is 1.47 bits per heavy atom. The highest BCUT2D eigenvalue weighted by Crippen LogP contribution is 2.89. The highest BCUT2D eigenvalue weighted by molar-refractivity contribution is 5.30. The lowest BCUT2D eigenvalue weighted by molar-refractivity contribution is -0.161. The molecule has 0 radical (unpaired) electrons. The van der Waals surface area contributed by atoms with E-state index in [0.29, 0.717) is 27.8 Å². The van der Waals surface area contributed by atoms with Crippen molar-refractivity contribution >= 4 is 0 Å². The second-order valence-corrected chi connectivity index (χ2v) is 15.3. The Morgan fingerprint density at radius 3 is 2.16 bits per heavy atom. The Bertz CT molecular complexity index is 801. The van der Waals surface area contributed by atoms with Crippen molar-refractivity contribution in [1.29, 1.82) is 0 Å². The fourth-order valence-corrected chi connectivity index (χ4v) is 11.7. The van der Waals surface area contributed by atoms with E-state index in [2.05, 4.69) is 48.5 Å². The number of hydrogen-bond acceptors (Lipinski definition) is 2. The Kier molecular flexibility index (Phi) is 4.46. The molecule has 2 unspecified atom stereocenters. The van der Waals surface area contributed by atoms with Crippen molar-refractivity contribution < 1.29 is 9.84 Å². The van der Waals surface area contributed by atoms with Gasteiger partial charge >= 0.3 is 0 Å². The van der Waals surface area contributed by atoms with Crippen molar-refractivity contribution in [3.05, 3.63) is 0 Å². The van der Waals surface area contributed by atoms with Gasteiger partial charge in [-0.15, -0.1) is 0 Å². The van der Waals surface area contributed by atoms with Gasteiger partial charge in [-0.25, -0.2) is 0 Å². The van der Waals surface area contributed by atoms with Gasteiger partial charge in [0.15, 0.2) is 0 Å². The minimum absolute atomic E-state index is 0.0890. The van der Waals surface area contributed by atoms with Crippen LogP contribution in [0.3, 0.4) is 0 Å². The van der Waals surface area contributed by atoms with Crippen molar-refractivity contribution in [2.24, 2.45) is 50.7 Å². The molecule has 1 heterocycles. The highest BCUT2D eigenvalue weighted by atomic mass is 16.6. The smallest absolute Gasteiger partial charge is 0.0892 e. The molecule has 0 aromatic rings. The van der Waals surface area contributed by atoms with Crippen molar-refractivity contribution in [2.45, 2.75) is 137 Å². The lowest BCUT2D eigenvalue weighted by Crippen LogP contribution is -2.57. The van der Waals surface area contributed by atoms with Crippen LogP contribution >= 0.6 is 0 Å². The second-order valence-electron chi connectivity index (χ2n) is 15.3. The summed E-state index contributed by atoms with van der Waals surface area (Å²) in [4.78, 5) is 0. The monoisotopic (exact) mass is 442 g/mol. The molecule has 2 spiro atoms. The van der Waals surface area contributed by atoms with Gasteiger partial charge in [0.25, 0.3) is 0 Å². The van der Waals surface area contributed by atoms with Crippen LogP contribution in [0.5, 0.6) is 0 Å². The summed E-state index contributed by atoms with van der Waals surface area (Å²) in [5.41, 5.74) is 2.48. The number of aliphatic hydroxyl groups excluding tert-OH is 1. The zero-order valence-electron chi connectivity index (χ0n) is 22.1. The molecule has 6 fully saturated rings. The average Bonchev–Trinajstić information content (AvgIpc) is 3.53. The van der Waals surface area contributed by atoms with Gasteiger partial charge < -0.3 is 9.84 Å². The lowest BCUT2D eigenvalue weighted by Gasteiger charge is -2.63. The summed E-state index contributed by atoms with van der Waals surface area (Å²) in [6, 6.07) is 0. The fraction of sp³-hybridized carbons (Fsp3) is 1.00. The summed E-state index contributed by atoms with van der Waals surface area (Å²) in [7, 11) is 0. The van der Waals surface area contributed by atoms with Crippen molar-refractivity contribution in [3.63, 3.8) is 0 Å². The summed E-state index contributed by atoms with van der Waals surface area (Å²) in [5, 5.41) is 10.9. The molecule has 6 rings (SSSR count). The van der Waals surface area contributed by atoms with Crippen LogP contribution in [0.2, 0.25) is 0 Å². The van der Waals surface area contributed by atoms with Crippen LogP contribution in [-0.4, -0.2) is 22.9 Å². The highest BCUT2D eigenvalue weighted by Gasteiger charge is 2.82. The maximum atomic E-state index is 10.9. The molecule has 0 amide bonds. The molecule has 2 heteroatoms. The SMILES string of the molecule is C[C@H](CC[C@H]1OC1(C)C)[C@H]1CC[C@@]2(C)C3CCC4C(C)(C)[C@H](O)CC[C@@]45C[C@@]35CC[C@]12C. The van der Waals surface area contributed by atoms with Gasteiger partial charge in [-0.2, -0.15) is 0 Å². The Labute approximate surface area is 197 Å². The predicted octanol–water partition coefficient (Wildman–Crippen LogP) is 7.38. The largest absolute Gasteiger partial charge is 0.393 e. The Balaban J connectivity index is 1.24. The number of rotatable bonds is 4. The Morgan fingerprint density at radius 1 is 0.812 bits per heavy atom.